The lowest BCUT2D eigenvalue weighted by Gasteiger charge is -2.26. The number of nitrogens with one attached hydrogen (secondary N) is 2. The molecule has 1 fully saturated rings. The molecule has 0 saturated carbocycles. The first kappa shape index (κ1) is 20.6. The molecule has 2 rings (SSSR count). The minimum Gasteiger partial charge on any atom is -0.357 e. The van der Waals surface area contributed by atoms with E-state index < -0.39 is 0 Å². The summed E-state index contributed by atoms with van der Waals surface area (Å²) in [5, 5.41) is 7.88. The molecule has 0 unspecified atom stereocenters. The summed E-state index contributed by atoms with van der Waals surface area (Å²) >= 11 is 1.74. The Morgan fingerprint density at radius 1 is 1.22 bits per heavy atom. The van der Waals surface area contributed by atoms with E-state index in [1.807, 2.05) is 6.92 Å². The number of hydrogen-bond acceptors (Lipinski definition) is 4. The van der Waals surface area contributed by atoms with Crippen LogP contribution in [0.4, 0.5) is 0 Å². The molecule has 23 heavy (non-hydrogen) atoms. The van der Waals surface area contributed by atoms with Crippen LogP contribution in [-0.4, -0.2) is 48.6 Å². The van der Waals surface area contributed by atoms with Gasteiger partial charge in [0, 0.05) is 24.5 Å². The number of likely N-dealkylation sites (tertiary alicyclic amines) is 1. The van der Waals surface area contributed by atoms with Crippen LogP contribution in [-0.2, 0) is 6.54 Å². The number of aryl methyl sites for hydroxylation is 2. The fourth-order valence-corrected chi connectivity index (χ4v) is 3.59. The molecule has 0 atom stereocenters. The molecule has 1 aliphatic rings. The van der Waals surface area contributed by atoms with Crippen molar-refractivity contribution in [3.05, 3.63) is 15.6 Å². The van der Waals surface area contributed by atoms with Crippen LogP contribution in [0.5, 0.6) is 0 Å². The molecule has 0 radical (unpaired) electrons. The molecule has 0 aliphatic carbocycles. The third-order valence-corrected chi connectivity index (χ3v) is 4.95. The fraction of sp³-hybridized carbons (Fsp3) is 0.750. The number of thiazole rings is 1. The Bertz CT molecular complexity index is 483. The van der Waals surface area contributed by atoms with Gasteiger partial charge < -0.3 is 15.5 Å². The van der Waals surface area contributed by atoms with E-state index in [2.05, 4.69) is 39.4 Å². The summed E-state index contributed by atoms with van der Waals surface area (Å²) in [4.78, 5) is 12.9. The fourth-order valence-electron chi connectivity index (χ4n) is 2.73. The smallest absolute Gasteiger partial charge is 0.191 e. The second-order valence-corrected chi connectivity index (χ2v) is 7.05. The Hall–Kier alpha value is -0.410. The van der Waals surface area contributed by atoms with Crippen molar-refractivity contribution in [2.45, 2.75) is 46.6 Å². The van der Waals surface area contributed by atoms with E-state index >= 15 is 0 Å². The second-order valence-electron chi connectivity index (χ2n) is 5.77. The van der Waals surface area contributed by atoms with E-state index in [1.54, 1.807) is 11.3 Å². The number of nitrogens with zero attached hydrogens (tertiary/aromatic N) is 3. The highest BCUT2D eigenvalue weighted by atomic mass is 127. The minimum atomic E-state index is 0. The Morgan fingerprint density at radius 3 is 2.57 bits per heavy atom. The molecule has 2 heterocycles. The van der Waals surface area contributed by atoms with E-state index in [1.165, 1.54) is 37.2 Å². The van der Waals surface area contributed by atoms with Crippen molar-refractivity contribution in [1.82, 2.24) is 20.5 Å². The lowest BCUT2D eigenvalue weighted by atomic mass is 10.1. The van der Waals surface area contributed by atoms with Crippen LogP contribution < -0.4 is 10.6 Å². The molecule has 1 aliphatic heterocycles. The summed E-state index contributed by atoms with van der Waals surface area (Å²) in [5.74, 6) is 0.907. The van der Waals surface area contributed by atoms with Crippen molar-refractivity contribution in [3.63, 3.8) is 0 Å². The van der Waals surface area contributed by atoms with Crippen LogP contribution in [0.2, 0.25) is 0 Å². The van der Waals surface area contributed by atoms with E-state index in [4.69, 9.17) is 0 Å². The van der Waals surface area contributed by atoms with Gasteiger partial charge in [0.15, 0.2) is 5.96 Å². The van der Waals surface area contributed by atoms with Gasteiger partial charge in [-0.15, -0.1) is 35.3 Å². The zero-order valence-corrected chi connectivity index (χ0v) is 17.7. The summed E-state index contributed by atoms with van der Waals surface area (Å²) < 4.78 is 0. The molecule has 0 spiro atoms. The highest BCUT2D eigenvalue weighted by molar-refractivity contribution is 14.0. The third kappa shape index (κ3) is 7.34. The highest BCUT2D eigenvalue weighted by Crippen LogP contribution is 2.17. The summed E-state index contributed by atoms with van der Waals surface area (Å²) in [6, 6.07) is 0. The first-order valence-electron chi connectivity index (χ1n) is 8.36. The molecule has 1 saturated heterocycles. The van der Waals surface area contributed by atoms with Crippen LogP contribution in [0, 0.1) is 13.8 Å². The SMILES string of the molecule is CCNC(=NCc1sc(C)nc1C)NCCN1CCCCC1.I. The van der Waals surface area contributed by atoms with Gasteiger partial charge in [0.2, 0.25) is 0 Å². The Kier molecular flexibility index (Phi) is 10.0. The maximum absolute atomic E-state index is 4.69. The summed E-state index contributed by atoms with van der Waals surface area (Å²) in [7, 11) is 0. The first-order valence-corrected chi connectivity index (χ1v) is 9.18. The number of piperidine rings is 1. The average Bonchev–Trinajstić information content (AvgIpc) is 2.84. The van der Waals surface area contributed by atoms with Gasteiger partial charge >= 0.3 is 0 Å². The van der Waals surface area contributed by atoms with Crippen LogP contribution in [0.1, 0.15) is 41.8 Å². The lowest BCUT2D eigenvalue weighted by Crippen LogP contribution is -2.42. The molecule has 5 nitrogen and oxygen atoms in total. The molecular formula is C16H30IN5S. The quantitative estimate of drug-likeness (QED) is 0.397. The van der Waals surface area contributed by atoms with Crippen LogP contribution in [0.15, 0.2) is 4.99 Å². The van der Waals surface area contributed by atoms with Crippen molar-refractivity contribution in [2.75, 3.05) is 32.7 Å². The van der Waals surface area contributed by atoms with E-state index in [0.717, 1.165) is 36.3 Å². The molecule has 1 aromatic heterocycles. The number of aromatic nitrogens is 1. The van der Waals surface area contributed by atoms with Crippen molar-refractivity contribution < 1.29 is 0 Å². The molecule has 7 heteroatoms. The molecule has 0 aromatic carbocycles. The van der Waals surface area contributed by atoms with E-state index in [-0.39, 0.29) is 24.0 Å². The Balaban J connectivity index is 0.00000264. The van der Waals surface area contributed by atoms with Gasteiger partial charge in [-0.05, 0) is 46.7 Å². The maximum Gasteiger partial charge on any atom is 0.191 e. The van der Waals surface area contributed by atoms with Gasteiger partial charge in [-0.2, -0.15) is 0 Å². The molecule has 0 amide bonds. The standard InChI is InChI=1S/C16H29N5S.HI/c1-4-17-16(18-8-11-21-9-6-5-7-10-21)19-12-15-13(2)20-14(3)22-15;/h4-12H2,1-3H3,(H2,17,18,19);1H. The Labute approximate surface area is 161 Å². The van der Waals surface area contributed by atoms with Gasteiger partial charge in [0.25, 0.3) is 0 Å². The van der Waals surface area contributed by atoms with Gasteiger partial charge in [0.1, 0.15) is 0 Å². The highest BCUT2D eigenvalue weighted by Gasteiger charge is 2.09. The minimum absolute atomic E-state index is 0. The Morgan fingerprint density at radius 2 is 1.96 bits per heavy atom. The van der Waals surface area contributed by atoms with Gasteiger partial charge in [-0.1, -0.05) is 6.42 Å². The monoisotopic (exact) mass is 451 g/mol. The van der Waals surface area contributed by atoms with E-state index in [0.29, 0.717) is 6.54 Å². The molecular weight excluding hydrogens is 421 g/mol. The topological polar surface area (TPSA) is 52.6 Å². The van der Waals surface area contributed by atoms with Crippen LogP contribution >= 0.6 is 35.3 Å². The number of rotatable bonds is 6. The molecule has 2 N–H and O–H groups in total. The summed E-state index contributed by atoms with van der Waals surface area (Å²) in [6.45, 7) is 12.3. The lowest BCUT2D eigenvalue weighted by molar-refractivity contribution is 0.232. The first-order chi connectivity index (χ1) is 10.7. The maximum atomic E-state index is 4.69. The molecule has 0 bridgehead atoms. The predicted molar refractivity (Wildman–Crippen MR) is 110 cm³/mol. The molecule has 132 valence electrons. The zero-order chi connectivity index (χ0) is 15.8. The van der Waals surface area contributed by atoms with Crippen molar-refractivity contribution in [2.24, 2.45) is 4.99 Å². The van der Waals surface area contributed by atoms with Gasteiger partial charge in [-0.3, -0.25) is 0 Å². The average molecular weight is 451 g/mol. The van der Waals surface area contributed by atoms with Crippen LogP contribution in [0.25, 0.3) is 0 Å². The van der Waals surface area contributed by atoms with Gasteiger partial charge in [-0.25, -0.2) is 9.98 Å². The number of aliphatic imine (C=N–C) groups is 1. The zero-order valence-electron chi connectivity index (χ0n) is 14.5. The number of hydrogen-bond donors (Lipinski definition) is 2. The number of halogens is 1. The summed E-state index contributed by atoms with van der Waals surface area (Å²) in [6.07, 6.45) is 4.08. The normalized spacial score (nSPS) is 16.0. The van der Waals surface area contributed by atoms with Crippen molar-refractivity contribution in [1.29, 1.82) is 0 Å². The van der Waals surface area contributed by atoms with Crippen molar-refractivity contribution in [3.8, 4) is 0 Å². The summed E-state index contributed by atoms with van der Waals surface area (Å²) in [5.41, 5.74) is 1.11. The third-order valence-electron chi connectivity index (χ3n) is 3.89. The number of guanidine groups is 1. The van der Waals surface area contributed by atoms with Crippen LogP contribution in [0.3, 0.4) is 0 Å². The molecule has 1 aromatic rings. The van der Waals surface area contributed by atoms with Gasteiger partial charge in [0.05, 0.1) is 17.2 Å². The van der Waals surface area contributed by atoms with Crippen molar-refractivity contribution >= 4 is 41.3 Å². The largest absolute Gasteiger partial charge is 0.357 e. The second kappa shape index (κ2) is 11.2. The predicted octanol–water partition coefficient (Wildman–Crippen LogP) is 2.92. The van der Waals surface area contributed by atoms with E-state index in [9.17, 15) is 0 Å².